The Labute approximate surface area is 118 Å². The second kappa shape index (κ2) is 4.76. The number of halogens is 1. The number of nitrogens with one attached hydrogen (secondary N) is 1. The highest BCUT2D eigenvalue weighted by Crippen LogP contribution is 2.28. The summed E-state index contributed by atoms with van der Waals surface area (Å²) in [6, 6.07) is 2.69. The lowest BCUT2D eigenvalue weighted by atomic mass is 10.1. The van der Waals surface area contributed by atoms with E-state index in [9.17, 15) is 23.6 Å². The fourth-order valence-electron chi connectivity index (χ4n) is 2.66. The standard InChI is InChI=1S/C14H11FN2O4/c15-8-4-1-3-7-11(8)14(21)17(13(7)20)9-5-2-6-10(18)16-12(9)19/h1,3-4,9H,2,5-6H2,(H,16,18,19). The minimum absolute atomic E-state index is 0.0524. The molecule has 1 aromatic carbocycles. The summed E-state index contributed by atoms with van der Waals surface area (Å²) in [7, 11) is 0. The maximum Gasteiger partial charge on any atom is 0.265 e. The van der Waals surface area contributed by atoms with Crippen molar-refractivity contribution in [3.05, 3.63) is 35.1 Å². The van der Waals surface area contributed by atoms with E-state index < -0.39 is 35.5 Å². The fraction of sp³-hybridized carbons (Fsp3) is 0.286. The molecule has 0 aromatic heterocycles. The first kappa shape index (κ1) is 13.4. The van der Waals surface area contributed by atoms with Gasteiger partial charge in [-0.05, 0) is 25.0 Å². The fourth-order valence-corrected chi connectivity index (χ4v) is 2.66. The molecule has 6 nitrogen and oxygen atoms in total. The van der Waals surface area contributed by atoms with Gasteiger partial charge < -0.3 is 0 Å². The molecule has 1 saturated heterocycles. The van der Waals surface area contributed by atoms with Gasteiger partial charge in [0.05, 0.1) is 11.1 Å². The molecule has 21 heavy (non-hydrogen) atoms. The predicted octanol–water partition coefficient (Wildman–Crippen LogP) is 0.617. The van der Waals surface area contributed by atoms with Crippen LogP contribution >= 0.6 is 0 Å². The Kier molecular flexibility index (Phi) is 3.04. The van der Waals surface area contributed by atoms with Crippen molar-refractivity contribution in [2.75, 3.05) is 0 Å². The van der Waals surface area contributed by atoms with Crippen LogP contribution in [-0.2, 0) is 9.59 Å². The largest absolute Gasteiger partial charge is 0.295 e. The smallest absolute Gasteiger partial charge is 0.265 e. The van der Waals surface area contributed by atoms with Gasteiger partial charge in [-0.1, -0.05) is 6.07 Å². The number of nitrogens with zero attached hydrogens (tertiary/aromatic N) is 1. The van der Waals surface area contributed by atoms with Crippen LogP contribution in [-0.4, -0.2) is 34.6 Å². The highest BCUT2D eigenvalue weighted by molar-refractivity contribution is 6.23. The van der Waals surface area contributed by atoms with Gasteiger partial charge in [0.25, 0.3) is 11.8 Å². The first-order valence-electron chi connectivity index (χ1n) is 6.51. The molecule has 7 heteroatoms. The molecule has 2 heterocycles. The van der Waals surface area contributed by atoms with Crippen molar-refractivity contribution in [3.8, 4) is 0 Å². The summed E-state index contributed by atoms with van der Waals surface area (Å²) in [5, 5.41) is 2.13. The van der Waals surface area contributed by atoms with Gasteiger partial charge in [0, 0.05) is 6.42 Å². The number of hydrogen-bond donors (Lipinski definition) is 1. The van der Waals surface area contributed by atoms with E-state index in [0.29, 0.717) is 6.42 Å². The molecule has 1 aromatic rings. The molecular weight excluding hydrogens is 279 g/mol. The third kappa shape index (κ3) is 2.01. The van der Waals surface area contributed by atoms with Gasteiger partial charge >= 0.3 is 0 Å². The van der Waals surface area contributed by atoms with Crippen LogP contribution in [0.3, 0.4) is 0 Å². The van der Waals surface area contributed by atoms with E-state index >= 15 is 0 Å². The van der Waals surface area contributed by atoms with E-state index in [2.05, 4.69) is 5.32 Å². The third-order valence-corrected chi connectivity index (χ3v) is 3.65. The molecule has 1 unspecified atom stereocenters. The Balaban J connectivity index is 2.00. The zero-order valence-electron chi connectivity index (χ0n) is 10.9. The second-order valence-corrected chi connectivity index (χ2v) is 4.96. The topological polar surface area (TPSA) is 83.6 Å². The van der Waals surface area contributed by atoms with E-state index in [1.807, 2.05) is 0 Å². The number of rotatable bonds is 1. The molecule has 0 radical (unpaired) electrons. The molecule has 1 N–H and O–H groups in total. The van der Waals surface area contributed by atoms with Gasteiger partial charge in [-0.3, -0.25) is 29.4 Å². The highest BCUT2D eigenvalue weighted by atomic mass is 19.1. The minimum atomic E-state index is -1.08. The summed E-state index contributed by atoms with van der Waals surface area (Å²) in [6.07, 6.45) is 0.711. The van der Waals surface area contributed by atoms with Crippen LogP contribution in [0.4, 0.5) is 4.39 Å². The first-order valence-corrected chi connectivity index (χ1v) is 6.51. The average Bonchev–Trinajstić information content (AvgIpc) is 2.57. The maximum atomic E-state index is 13.7. The molecular formula is C14H11FN2O4. The van der Waals surface area contributed by atoms with Gasteiger partial charge in [-0.25, -0.2) is 4.39 Å². The van der Waals surface area contributed by atoms with Crippen LogP contribution in [0.25, 0.3) is 0 Å². The summed E-state index contributed by atoms with van der Waals surface area (Å²) in [4.78, 5) is 48.6. The van der Waals surface area contributed by atoms with Gasteiger partial charge in [0.15, 0.2) is 0 Å². The van der Waals surface area contributed by atoms with E-state index in [-0.39, 0.29) is 24.0 Å². The lowest BCUT2D eigenvalue weighted by Crippen LogP contribution is -2.49. The number of amides is 4. The predicted molar refractivity (Wildman–Crippen MR) is 67.7 cm³/mol. The molecule has 3 rings (SSSR count). The third-order valence-electron chi connectivity index (χ3n) is 3.65. The maximum absolute atomic E-state index is 13.7. The molecule has 1 atom stereocenters. The van der Waals surface area contributed by atoms with Crippen molar-refractivity contribution in [2.24, 2.45) is 0 Å². The molecule has 1 fully saturated rings. The normalized spacial score (nSPS) is 22.1. The van der Waals surface area contributed by atoms with Crippen molar-refractivity contribution in [1.29, 1.82) is 0 Å². The van der Waals surface area contributed by atoms with E-state index in [4.69, 9.17) is 0 Å². The zero-order valence-corrected chi connectivity index (χ0v) is 10.9. The molecule has 2 aliphatic rings. The number of carbonyl (C=O) groups is 4. The first-order chi connectivity index (χ1) is 10.0. The molecule has 0 bridgehead atoms. The number of carbonyl (C=O) groups excluding carboxylic acids is 4. The highest BCUT2D eigenvalue weighted by Gasteiger charge is 2.44. The van der Waals surface area contributed by atoms with E-state index in [0.717, 1.165) is 11.0 Å². The Bertz CT molecular complexity index is 686. The summed E-state index contributed by atoms with van der Waals surface area (Å²) in [5.41, 5.74) is -0.366. The lowest BCUT2D eigenvalue weighted by molar-refractivity contribution is -0.131. The Morgan fingerprint density at radius 1 is 1.14 bits per heavy atom. The lowest BCUT2D eigenvalue weighted by Gasteiger charge is -2.22. The van der Waals surface area contributed by atoms with Crippen LogP contribution in [0.1, 0.15) is 40.0 Å². The monoisotopic (exact) mass is 290 g/mol. The van der Waals surface area contributed by atoms with E-state index in [1.54, 1.807) is 0 Å². The molecule has 0 aliphatic carbocycles. The van der Waals surface area contributed by atoms with Gasteiger partial charge in [-0.15, -0.1) is 0 Å². The van der Waals surface area contributed by atoms with Crippen molar-refractivity contribution in [2.45, 2.75) is 25.3 Å². The Hall–Kier alpha value is -2.57. The number of hydrogen-bond acceptors (Lipinski definition) is 4. The van der Waals surface area contributed by atoms with Crippen LogP contribution in [0.5, 0.6) is 0 Å². The van der Waals surface area contributed by atoms with Crippen LogP contribution in [0, 0.1) is 5.82 Å². The number of fused-ring (bicyclic) bond motifs is 1. The van der Waals surface area contributed by atoms with Crippen molar-refractivity contribution < 1.29 is 23.6 Å². The zero-order chi connectivity index (χ0) is 15.1. The molecule has 4 amide bonds. The van der Waals surface area contributed by atoms with Crippen LogP contribution in [0.15, 0.2) is 18.2 Å². The molecule has 0 spiro atoms. The molecule has 0 saturated carbocycles. The van der Waals surface area contributed by atoms with Crippen LogP contribution in [0.2, 0.25) is 0 Å². The molecule has 2 aliphatic heterocycles. The average molecular weight is 290 g/mol. The number of imide groups is 2. The van der Waals surface area contributed by atoms with Gasteiger partial charge in [-0.2, -0.15) is 0 Å². The summed E-state index contributed by atoms with van der Waals surface area (Å²) in [6.45, 7) is 0. The summed E-state index contributed by atoms with van der Waals surface area (Å²) >= 11 is 0. The van der Waals surface area contributed by atoms with Gasteiger partial charge in [0.1, 0.15) is 11.9 Å². The van der Waals surface area contributed by atoms with Crippen molar-refractivity contribution in [1.82, 2.24) is 10.2 Å². The van der Waals surface area contributed by atoms with Crippen LogP contribution < -0.4 is 5.32 Å². The van der Waals surface area contributed by atoms with Crippen molar-refractivity contribution in [3.63, 3.8) is 0 Å². The summed E-state index contributed by atoms with van der Waals surface area (Å²) < 4.78 is 13.7. The second-order valence-electron chi connectivity index (χ2n) is 4.96. The Morgan fingerprint density at radius 3 is 2.62 bits per heavy atom. The minimum Gasteiger partial charge on any atom is -0.295 e. The SMILES string of the molecule is O=C1CCCC(N2C(=O)c3cccc(F)c3C2=O)C(=O)N1. The van der Waals surface area contributed by atoms with E-state index in [1.165, 1.54) is 12.1 Å². The summed E-state index contributed by atoms with van der Waals surface area (Å²) in [5.74, 6) is -3.47. The van der Waals surface area contributed by atoms with Gasteiger partial charge in [0.2, 0.25) is 11.8 Å². The Morgan fingerprint density at radius 2 is 1.90 bits per heavy atom. The number of benzene rings is 1. The molecule has 108 valence electrons. The van der Waals surface area contributed by atoms with Crippen molar-refractivity contribution >= 4 is 23.6 Å². The quantitative estimate of drug-likeness (QED) is 0.768.